The molecule has 3 aromatic heterocycles. The van der Waals surface area contributed by atoms with Gasteiger partial charge in [-0.15, -0.1) is 0 Å². The van der Waals surface area contributed by atoms with Crippen molar-refractivity contribution >= 4 is 0 Å². The summed E-state index contributed by atoms with van der Waals surface area (Å²) >= 11 is 0. The van der Waals surface area contributed by atoms with Crippen LogP contribution in [0.3, 0.4) is 0 Å². The first-order chi connectivity index (χ1) is 12.5. The van der Waals surface area contributed by atoms with E-state index >= 15 is 0 Å². The quantitative estimate of drug-likeness (QED) is 0.573. The van der Waals surface area contributed by atoms with E-state index in [1.54, 1.807) is 0 Å². The van der Waals surface area contributed by atoms with Gasteiger partial charge in [-0.2, -0.15) is 0 Å². The Morgan fingerprint density at radius 1 is 0.692 bits per heavy atom. The zero-order valence-electron chi connectivity index (χ0n) is 16.1. The molecule has 0 saturated carbocycles. The molecule has 0 bridgehead atoms. The summed E-state index contributed by atoms with van der Waals surface area (Å²) in [5.41, 5.74) is 0. The Kier molecular flexibility index (Phi) is 5.85. The van der Waals surface area contributed by atoms with Crippen LogP contribution in [0.2, 0.25) is 0 Å². The Balaban J connectivity index is 1.62. The number of hydrogen-bond donors (Lipinski definition) is 0. The van der Waals surface area contributed by atoms with Gasteiger partial charge in [0.2, 0.25) is 0 Å². The summed E-state index contributed by atoms with van der Waals surface area (Å²) in [6.07, 6.45) is 11.5. The Morgan fingerprint density at radius 2 is 1.12 bits per heavy atom. The normalized spacial score (nSPS) is 11.8. The summed E-state index contributed by atoms with van der Waals surface area (Å²) < 4.78 is 6.21. The van der Waals surface area contributed by atoms with Crippen molar-refractivity contribution in [1.82, 2.24) is 38.5 Å². The van der Waals surface area contributed by atoms with Crippen molar-refractivity contribution in [3.05, 3.63) is 54.7 Å². The minimum atomic E-state index is 0.798. The van der Waals surface area contributed by atoms with E-state index in [1.165, 1.54) is 0 Å². The van der Waals surface area contributed by atoms with Gasteiger partial charge in [-0.3, -0.25) is 9.80 Å². The lowest BCUT2D eigenvalue weighted by molar-refractivity contribution is 0.196. The molecule has 0 atom stereocenters. The van der Waals surface area contributed by atoms with E-state index in [9.17, 15) is 0 Å². The third-order valence-electron chi connectivity index (χ3n) is 4.70. The maximum absolute atomic E-state index is 4.47. The second kappa shape index (κ2) is 8.29. The summed E-state index contributed by atoms with van der Waals surface area (Å²) in [4.78, 5) is 18.0. The molecule has 3 rings (SSSR count). The molecule has 3 heterocycles. The van der Waals surface area contributed by atoms with Crippen LogP contribution in [0.15, 0.2) is 37.2 Å². The fraction of sp³-hybridized carbons (Fsp3) is 0.500. The lowest BCUT2D eigenvalue weighted by atomic mass is 10.4. The van der Waals surface area contributed by atoms with Crippen molar-refractivity contribution in [1.29, 1.82) is 0 Å². The van der Waals surface area contributed by atoms with Gasteiger partial charge in [0, 0.05) is 71.4 Å². The van der Waals surface area contributed by atoms with E-state index < -0.39 is 0 Å². The molecule has 26 heavy (non-hydrogen) atoms. The van der Waals surface area contributed by atoms with Gasteiger partial charge in [-0.1, -0.05) is 0 Å². The average Bonchev–Trinajstić information content (AvgIpc) is 3.30. The standard InChI is InChI=1S/C18H28N8/c1-22(13-16-19-5-8-23(16)2)11-12-26(14-17-20-6-9-24(17)3)15-18-21-7-10-25(18)4/h5-10H,11-15H2,1-4H3. The summed E-state index contributed by atoms with van der Waals surface area (Å²) in [6.45, 7) is 4.31. The van der Waals surface area contributed by atoms with Crippen LogP contribution in [0.5, 0.6) is 0 Å². The number of aryl methyl sites for hydroxylation is 3. The number of rotatable bonds is 9. The van der Waals surface area contributed by atoms with E-state index in [0.29, 0.717) is 0 Å². The Bertz CT molecular complexity index is 772. The monoisotopic (exact) mass is 356 g/mol. The van der Waals surface area contributed by atoms with Crippen LogP contribution in [-0.4, -0.2) is 58.6 Å². The molecule has 8 nitrogen and oxygen atoms in total. The van der Waals surface area contributed by atoms with Gasteiger partial charge in [0.25, 0.3) is 0 Å². The molecule has 140 valence electrons. The highest BCUT2D eigenvalue weighted by Gasteiger charge is 2.14. The molecule has 0 N–H and O–H groups in total. The molecule has 0 fully saturated rings. The van der Waals surface area contributed by atoms with Gasteiger partial charge in [-0.25, -0.2) is 15.0 Å². The molecule has 0 unspecified atom stereocenters. The average molecular weight is 356 g/mol. The van der Waals surface area contributed by atoms with Crippen LogP contribution in [-0.2, 0) is 40.8 Å². The Hall–Kier alpha value is -2.45. The lowest BCUT2D eigenvalue weighted by Crippen LogP contribution is -2.34. The number of imidazole rings is 3. The third-order valence-corrected chi connectivity index (χ3v) is 4.70. The molecule has 0 aliphatic heterocycles. The van der Waals surface area contributed by atoms with Crippen molar-refractivity contribution in [3.63, 3.8) is 0 Å². The second-order valence-electron chi connectivity index (χ2n) is 6.81. The second-order valence-corrected chi connectivity index (χ2v) is 6.81. The van der Waals surface area contributed by atoms with E-state index in [0.717, 1.165) is 50.2 Å². The summed E-state index contributed by atoms with van der Waals surface area (Å²) in [6, 6.07) is 0. The van der Waals surface area contributed by atoms with E-state index in [-0.39, 0.29) is 0 Å². The number of nitrogens with zero attached hydrogens (tertiary/aromatic N) is 8. The number of likely N-dealkylation sites (N-methyl/N-ethyl adjacent to an activating group) is 1. The van der Waals surface area contributed by atoms with Crippen LogP contribution in [0.4, 0.5) is 0 Å². The largest absolute Gasteiger partial charge is 0.337 e. The topological polar surface area (TPSA) is 59.9 Å². The first-order valence-electron chi connectivity index (χ1n) is 8.82. The van der Waals surface area contributed by atoms with Crippen molar-refractivity contribution < 1.29 is 0 Å². The van der Waals surface area contributed by atoms with Crippen LogP contribution >= 0.6 is 0 Å². The SMILES string of the molecule is CN(CCN(Cc1nccn1C)Cc1nccn1C)Cc1nccn1C. The highest BCUT2D eigenvalue weighted by atomic mass is 15.2. The lowest BCUT2D eigenvalue weighted by Gasteiger charge is -2.25. The fourth-order valence-corrected chi connectivity index (χ4v) is 2.89. The summed E-state index contributed by atoms with van der Waals surface area (Å²) in [7, 11) is 8.24. The first-order valence-corrected chi connectivity index (χ1v) is 8.82. The highest BCUT2D eigenvalue weighted by molar-refractivity contribution is 4.95. The predicted molar refractivity (Wildman–Crippen MR) is 100 cm³/mol. The molecule has 8 heteroatoms. The van der Waals surface area contributed by atoms with Crippen LogP contribution in [0.1, 0.15) is 17.5 Å². The van der Waals surface area contributed by atoms with E-state index in [2.05, 4.69) is 45.5 Å². The van der Waals surface area contributed by atoms with Crippen molar-refractivity contribution in [2.45, 2.75) is 19.6 Å². The minimum Gasteiger partial charge on any atom is -0.337 e. The molecule has 0 radical (unpaired) electrons. The Labute approximate surface area is 154 Å². The molecule has 0 saturated heterocycles. The Morgan fingerprint density at radius 3 is 1.50 bits per heavy atom. The fourth-order valence-electron chi connectivity index (χ4n) is 2.89. The van der Waals surface area contributed by atoms with Crippen LogP contribution < -0.4 is 0 Å². The molecule has 0 amide bonds. The van der Waals surface area contributed by atoms with Gasteiger partial charge < -0.3 is 13.7 Å². The minimum absolute atomic E-state index is 0.798. The van der Waals surface area contributed by atoms with Gasteiger partial charge in [-0.05, 0) is 7.05 Å². The van der Waals surface area contributed by atoms with E-state index in [1.807, 2.05) is 58.3 Å². The predicted octanol–water partition coefficient (Wildman–Crippen LogP) is 1.02. The zero-order chi connectivity index (χ0) is 18.5. The third kappa shape index (κ3) is 4.59. The van der Waals surface area contributed by atoms with Crippen LogP contribution in [0, 0.1) is 0 Å². The highest BCUT2D eigenvalue weighted by Crippen LogP contribution is 2.08. The van der Waals surface area contributed by atoms with Crippen LogP contribution in [0.25, 0.3) is 0 Å². The van der Waals surface area contributed by atoms with Gasteiger partial charge in [0.1, 0.15) is 17.5 Å². The molecular formula is C18H28N8. The van der Waals surface area contributed by atoms with Gasteiger partial charge in [0.05, 0.1) is 19.6 Å². The molecule has 0 spiro atoms. The molecule has 0 aromatic carbocycles. The number of hydrogen-bond acceptors (Lipinski definition) is 5. The summed E-state index contributed by atoms with van der Waals surface area (Å²) in [5, 5.41) is 0. The van der Waals surface area contributed by atoms with Gasteiger partial charge in [0.15, 0.2) is 0 Å². The molecule has 0 aliphatic carbocycles. The molecular weight excluding hydrogens is 328 g/mol. The van der Waals surface area contributed by atoms with Gasteiger partial charge >= 0.3 is 0 Å². The van der Waals surface area contributed by atoms with Crippen molar-refractivity contribution in [2.24, 2.45) is 21.1 Å². The van der Waals surface area contributed by atoms with Crippen molar-refractivity contribution in [2.75, 3.05) is 20.1 Å². The number of aromatic nitrogens is 6. The maximum atomic E-state index is 4.47. The van der Waals surface area contributed by atoms with E-state index in [4.69, 9.17) is 0 Å². The van der Waals surface area contributed by atoms with Crippen molar-refractivity contribution in [3.8, 4) is 0 Å². The smallest absolute Gasteiger partial charge is 0.122 e. The molecule has 3 aromatic rings. The summed E-state index contributed by atoms with van der Waals surface area (Å²) in [5.74, 6) is 3.20. The first kappa shape index (κ1) is 18.3. The molecule has 0 aliphatic rings. The zero-order valence-corrected chi connectivity index (χ0v) is 16.1. The maximum Gasteiger partial charge on any atom is 0.122 e.